The summed E-state index contributed by atoms with van der Waals surface area (Å²) < 4.78 is 5.38. The molecule has 0 aromatic heterocycles. The van der Waals surface area contributed by atoms with Gasteiger partial charge >= 0.3 is 0 Å². The molecule has 1 aromatic rings. The Morgan fingerprint density at radius 2 is 2.00 bits per heavy atom. The van der Waals surface area contributed by atoms with Crippen LogP contribution in [0.4, 0.5) is 0 Å². The van der Waals surface area contributed by atoms with Crippen molar-refractivity contribution in [3.63, 3.8) is 0 Å². The molecule has 1 saturated carbocycles. The fourth-order valence-corrected chi connectivity index (χ4v) is 3.48. The predicted molar refractivity (Wildman–Crippen MR) is 86.7 cm³/mol. The van der Waals surface area contributed by atoms with Gasteiger partial charge in [0.05, 0.1) is 7.11 Å². The van der Waals surface area contributed by atoms with Crippen LogP contribution in [0, 0.1) is 5.92 Å². The first-order valence-electron chi connectivity index (χ1n) is 8.38. The fraction of sp³-hybridized carbons (Fsp3) is 0.667. The summed E-state index contributed by atoms with van der Waals surface area (Å²) in [5, 5.41) is 3.47. The van der Waals surface area contributed by atoms with Crippen LogP contribution in [0.25, 0.3) is 0 Å². The molecule has 21 heavy (non-hydrogen) atoms. The summed E-state index contributed by atoms with van der Waals surface area (Å²) in [6, 6.07) is 9.88. The van der Waals surface area contributed by atoms with Crippen LogP contribution in [0.1, 0.15) is 44.2 Å². The fourth-order valence-electron chi connectivity index (χ4n) is 3.48. The Bertz CT molecular complexity index is 452. The standard InChI is InChI=1S/C18H28N2O/c1-14(16-4-3-5-18(12-16)21-2)20(17-6-7-17)13-15-8-10-19-11-9-15/h3-5,12,14-15,17,19H,6-11,13H2,1-2H3. The molecule has 116 valence electrons. The summed E-state index contributed by atoms with van der Waals surface area (Å²) in [6.07, 6.45) is 5.40. The van der Waals surface area contributed by atoms with E-state index in [-0.39, 0.29) is 0 Å². The summed E-state index contributed by atoms with van der Waals surface area (Å²) in [5.74, 6) is 1.83. The zero-order valence-electron chi connectivity index (χ0n) is 13.3. The molecule has 1 atom stereocenters. The number of methoxy groups -OCH3 is 1. The maximum absolute atomic E-state index is 5.38. The first-order valence-corrected chi connectivity index (χ1v) is 8.38. The summed E-state index contributed by atoms with van der Waals surface area (Å²) in [7, 11) is 1.75. The van der Waals surface area contributed by atoms with E-state index in [9.17, 15) is 0 Å². The molecule has 0 radical (unpaired) electrons. The van der Waals surface area contributed by atoms with E-state index in [0.717, 1.165) is 17.7 Å². The minimum absolute atomic E-state index is 0.488. The Kier molecular flexibility index (Phi) is 4.81. The van der Waals surface area contributed by atoms with Crippen molar-refractivity contribution in [1.29, 1.82) is 0 Å². The third kappa shape index (κ3) is 3.78. The van der Waals surface area contributed by atoms with Gasteiger partial charge in [0.15, 0.2) is 0 Å². The lowest BCUT2D eigenvalue weighted by Crippen LogP contribution is -2.38. The van der Waals surface area contributed by atoms with Gasteiger partial charge in [-0.1, -0.05) is 12.1 Å². The molecule has 0 bridgehead atoms. The van der Waals surface area contributed by atoms with Crippen LogP contribution in [-0.2, 0) is 0 Å². The third-order valence-corrected chi connectivity index (χ3v) is 5.02. The molecule has 3 heteroatoms. The highest BCUT2D eigenvalue weighted by molar-refractivity contribution is 5.30. The molecule has 1 aromatic carbocycles. The third-order valence-electron chi connectivity index (χ3n) is 5.02. The van der Waals surface area contributed by atoms with E-state index in [2.05, 4.69) is 35.3 Å². The monoisotopic (exact) mass is 288 g/mol. The summed E-state index contributed by atoms with van der Waals surface area (Å²) >= 11 is 0. The minimum Gasteiger partial charge on any atom is -0.497 e. The smallest absolute Gasteiger partial charge is 0.119 e. The lowest BCUT2D eigenvalue weighted by atomic mass is 9.96. The second kappa shape index (κ2) is 6.80. The van der Waals surface area contributed by atoms with E-state index < -0.39 is 0 Å². The second-order valence-electron chi connectivity index (χ2n) is 6.57. The van der Waals surface area contributed by atoms with Crippen molar-refractivity contribution in [2.75, 3.05) is 26.7 Å². The van der Waals surface area contributed by atoms with Gasteiger partial charge in [-0.3, -0.25) is 4.90 Å². The predicted octanol–water partition coefficient (Wildman–Crippen LogP) is 3.22. The van der Waals surface area contributed by atoms with Crippen molar-refractivity contribution in [3.05, 3.63) is 29.8 Å². The number of ether oxygens (including phenoxy) is 1. The number of benzene rings is 1. The molecule has 1 aliphatic carbocycles. The lowest BCUT2D eigenvalue weighted by molar-refractivity contribution is 0.152. The van der Waals surface area contributed by atoms with Gasteiger partial charge in [0.1, 0.15) is 5.75 Å². The van der Waals surface area contributed by atoms with Crippen LogP contribution in [0.5, 0.6) is 5.75 Å². The normalized spacial score (nSPS) is 21.5. The number of nitrogens with one attached hydrogen (secondary N) is 1. The van der Waals surface area contributed by atoms with E-state index in [1.807, 2.05) is 6.07 Å². The van der Waals surface area contributed by atoms with E-state index >= 15 is 0 Å². The van der Waals surface area contributed by atoms with Crippen molar-refractivity contribution in [1.82, 2.24) is 10.2 Å². The maximum Gasteiger partial charge on any atom is 0.119 e. The van der Waals surface area contributed by atoms with Crippen LogP contribution in [0.15, 0.2) is 24.3 Å². The van der Waals surface area contributed by atoms with Gasteiger partial charge in [-0.15, -0.1) is 0 Å². The average molecular weight is 288 g/mol. The molecule has 3 nitrogen and oxygen atoms in total. The summed E-state index contributed by atoms with van der Waals surface area (Å²) in [4.78, 5) is 2.74. The quantitative estimate of drug-likeness (QED) is 0.870. The van der Waals surface area contributed by atoms with Crippen molar-refractivity contribution >= 4 is 0 Å². The summed E-state index contributed by atoms with van der Waals surface area (Å²) in [6.45, 7) is 5.99. The molecule has 2 fully saturated rings. The van der Waals surface area contributed by atoms with Crippen molar-refractivity contribution in [3.8, 4) is 5.75 Å². The van der Waals surface area contributed by atoms with E-state index in [4.69, 9.17) is 4.74 Å². The number of piperidine rings is 1. The first-order chi connectivity index (χ1) is 10.3. The largest absolute Gasteiger partial charge is 0.497 e. The van der Waals surface area contributed by atoms with E-state index in [0.29, 0.717) is 6.04 Å². The van der Waals surface area contributed by atoms with Gasteiger partial charge in [0.2, 0.25) is 0 Å². The summed E-state index contributed by atoms with van der Waals surface area (Å²) in [5.41, 5.74) is 1.38. The Hall–Kier alpha value is -1.06. The van der Waals surface area contributed by atoms with Crippen LogP contribution < -0.4 is 10.1 Å². The average Bonchev–Trinajstić information content (AvgIpc) is 3.38. The molecular formula is C18H28N2O. The van der Waals surface area contributed by atoms with Gasteiger partial charge in [0, 0.05) is 18.6 Å². The molecule has 0 amide bonds. The van der Waals surface area contributed by atoms with Gasteiger partial charge in [-0.25, -0.2) is 0 Å². The Labute approximate surface area is 128 Å². The number of hydrogen-bond acceptors (Lipinski definition) is 3. The molecule has 1 saturated heterocycles. The molecule has 2 aliphatic rings. The zero-order valence-corrected chi connectivity index (χ0v) is 13.3. The van der Waals surface area contributed by atoms with Crippen LogP contribution in [0.3, 0.4) is 0 Å². The van der Waals surface area contributed by atoms with E-state index in [1.54, 1.807) is 7.11 Å². The SMILES string of the molecule is COc1cccc(C(C)N(CC2CCNCC2)C2CC2)c1. The highest BCUT2D eigenvalue weighted by Gasteiger charge is 2.34. The highest BCUT2D eigenvalue weighted by Crippen LogP contribution is 2.36. The zero-order chi connectivity index (χ0) is 14.7. The van der Waals surface area contributed by atoms with Crippen molar-refractivity contribution in [2.45, 2.75) is 44.7 Å². The number of nitrogens with zero attached hydrogens (tertiary/aromatic N) is 1. The first kappa shape index (κ1) is 14.9. The van der Waals surface area contributed by atoms with Crippen LogP contribution in [-0.4, -0.2) is 37.7 Å². The molecule has 1 heterocycles. The molecule has 1 aliphatic heterocycles. The van der Waals surface area contributed by atoms with Crippen molar-refractivity contribution < 1.29 is 4.74 Å². The van der Waals surface area contributed by atoms with Gasteiger partial charge in [-0.2, -0.15) is 0 Å². The Morgan fingerprint density at radius 3 is 2.67 bits per heavy atom. The van der Waals surface area contributed by atoms with Gasteiger partial charge in [0.25, 0.3) is 0 Å². The molecule has 1 N–H and O–H groups in total. The van der Waals surface area contributed by atoms with Crippen LogP contribution >= 0.6 is 0 Å². The Balaban J connectivity index is 1.70. The Morgan fingerprint density at radius 1 is 1.24 bits per heavy atom. The highest BCUT2D eigenvalue weighted by atomic mass is 16.5. The molecule has 1 unspecified atom stereocenters. The second-order valence-corrected chi connectivity index (χ2v) is 6.57. The van der Waals surface area contributed by atoms with Crippen molar-refractivity contribution in [2.24, 2.45) is 5.92 Å². The molecular weight excluding hydrogens is 260 g/mol. The van der Waals surface area contributed by atoms with Gasteiger partial charge in [-0.05, 0) is 69.3 Å². The van der Waals surface area contributed by atoms with E-state index in [1.165, 1.54) is 50.9 Å². The number of rotatable bonds is 6. The number of hydrogen-bond donors (Lipinski definition) is 1. The van der Waals surface area contributed by atoms with Crippen LogP contribution in [0.2, 0.25) is 0 Å². The lowest BCUT2D eigenvalue weighted by Gasteiger charge is -2.34. The topological polar surface area (TPSA) is 24.5 Å². The minimum atomic E-state index is 0.488. The maximum atomic E-state index is 5.38. The molecule has 3 rings (SSSR count). The molecule has 0 spiro atoms. The van der Waals surface area contributed by atoms with Gasteiger partial charge < -0.3 is 10.1 Å².